The van der Waals surface area contributed by atoms with Crippen LogP contribution in [0.1, 0.15) is 11.4 Å². The van der Waals surface area contributed by atoms with Crippen LogP contribution in [0.4, 0.5) is 24.5 Å². The molecule has 0 aliphatic rings. The maximum absolute atomic E-state index is 14.8. The standard InChI is InChI=1S/C21H18FN3O8.C12H9F2N3O4.C9H10O4/c1-12-8-19(26)24(21(28)23(12)2)14-10-18(15(25(29)30)9-13(14)22)33-17-7-5-4-6-16(17)32-11-20(27)31-3;1-6-3-11(18)16(12(19)15(6)2)9-4-8(14)10(17(20)21)5-7(9)13;1-12-9(11)6-13-8-5-3-2-4-7(8)10/h4-10H,11H2,1-3H3;3-5H,1-2H3;2-5,10H,6H2,1H3. The molecular formula is C42H37F3N6O16. The Kier molecular flexibility index (Phi) is 16.7. The van der Waals surface area contributed by atoms with Gasteiger partial charge in [-0.15, -0.1) is 0 Å². The van der Waals surface area contributed by atoms with Gasteiger partial charge in [0.2, 0.25) is 11.6 Å². The van der Waals surface area contributed by atoms with E-state index < -0.39 is 96.8 Å². The SMILES string of the molecule is COC(=O)COc1ccccc1O.COC(=O)COc1ccccc1Oc1cc(-n2c(=O)cc(C)n(C)c2=O)c(F)cc1[N+](=O)[O-].Cc1cc(=O)n(-c2cc(F)c([N+](=O)[O-])cc2F)c(=O)n1C. The summed E-state index contributed by atoms with van der Waals surface area (Å²) in [4.78, 5) is 90.9. The van der Waals surface area contributed by atoms with Crippen LogP contribution in [0.2, 0.25) is 0 Å². The lowest BCUT2D eigenvalue weighted by Crippen LogP contribution is -2.38. The zero-order valence-electron chi connectivity index (χ0n) is 35.9. The van der Waals surface area contributed by atoms with Crippen molar-refractivity contribution < 1.29 is 61.4 Å². The molecule has 0 unspecified atom stereocenters. The number of aryl methyl sites for hydroxylation is 2. The average molecular weight is 939 g/mol. The number of nitro groups is 2. The Labute approximate surface area is 373 Å². The second-order valence-electron chi connectivity index (χ2n) is 13.4. The van der Waals surface area contributed by atoms with Crippen molar-refractivity contribution in [2.75, 3.05) is 27.4 Å². The highest BCUT2D eigenvalue weighted by atomic mass is 19.1. The molecule has 2 aromatic heterocycles. The zero-order valence-corrected chi connectivity index (χ0v) is 35.9. The molecule has 1 N–H and O–H groups in total. The number of esters is 2. The second-order valence-corrected chi connectivity index (χ2v) is 13.4. The smallest absolute Gasteiger partial charge is 0.343 e. The number of methoxy groups -OCH3 is 2. The minimum absolute atomic E-state index is 0.00593. The fraction of sp³-hybridized carbons (Fsp3) is 0.190. The van der Waals surface area contributed by atoms with Gasteiger partial charge in [-0.2, -0.15) is 4.39 Å². The molecule has 6 aromatic rings. The molecule has 0 saturated carbocycles. The summed E-state index contributed by atoms with van der Waals surface area (Å²) in [7, 11) is 5.20. The van der Waals surface area contributed by atoms with Crippen molar-refractivity contribution in [1.82, 2.24) is 18.3 Å². The van der Waals surface area contributed by atoms with Crippen molar-refractivity contribution in [3.8, 4) is 40.1 Å². The van der Waals surface area contributed by atoms with Gasteiger partial charge in [0.25, 0.3) is 11.1 Å². The number of carbonyl (C=O) groups excluding carboxylic acids is 2. The number of halogens is 3. The number of aromatic nitrogens is 4. The Morgan fingerprint density at radius 1 is 0.597 bits per heavy atom. The van der Waals surface area contributed by atoms with E-state index in [1.165, 1.54) is 66.4 Å². The van der Waals surface area contributed by atoms with Crippen molar-refractivity contribution in [2.24, 2.45) is 14.1 Å². The summed E-state index contributed by atoms with van der Waals surface area (Å²) in [6.07, 6.45) is 0. The summed E-state index contributed by atoms with van der Waals surface area (Å²) in [6, 6.07) is 16.8. The van der Waals surface area contributed by atoms with Crippen LogP contribution >= 0.6 is 0 Å². The molecule has 0 bridgehead atoms. The van der Waals surface area contributed by atoms with Crippen LogP contribution in [0.3, 0.4) is 0 Å². The average Bonchev–Trinajstić information content (AvgIpc) is 3.28. The van der Waals surface area contributed by atoms with Gasteiger partial charge < -0.3 is 37.9 Å². The fourth-order valence-corrected chi connectivity index (χ4v) is 5.42. The Morgan fingerprint density at radius 3 is 1.48 bits per heavy atom. The minimum atomic E-state index is -1.34. The van der Waals surface area contributed by atoms with E-state index in [-0.39, 0.29) is 29.6 Å². The molecule has 4 aromatic carbocycles. The monoisotopic (exact) mass is 938 g/mol. The lowest BCUT2D eigenvalue weighted by molar-refractivity contribution is -0.387. The molecule has 6 rings (SSSR count). The number of para-hydroxylation sites is 4. The quantitative estimate of drug-likeness (QED) is 0.102. The number of nitro benzene ring substituents is 2. The summed E-state index contributed by atoms with van der Waals surface area (Å²) in [5.74, 6) is -5.08. The van der Waals surface area contributed by atoms with Crippen molar-refractivity contribution in [3.63, 3.8) is 0 Å². The number of rotatable bonds is 12. The highest BCUT2D eigenvalue weighted by molar-refractivity contribution is 5.71. The van der Waals surface area contributed by atoms with Gasteiger partial charge >= 0.3 is 34.7 Å². The third-order valence-electron chi connectivity index (χ3n) is 9.12. The third-order valence-corrected chi connectivity index (χ3v) is 9.12. The van der Waals surface area contributed by atoms with Crippen molar-refractivity contribution in [1.29, 1.82) is 0 Å². The first-order valence-electron chi connectivity index (χ1n) is 18.8. The molecule has 0 fully saturated rings. The first-order chi connectivity index (χ1) is 31.6. The molecule has 0 saturated heterocycles. The molecule has 0 amide bonds. The maximum Gasteiger partial charge on any atom is 0.343 e. The lowest BCUT2D eigenvalue weighted by Gasteiger charge is -2.14. The number of carbonyl (C=O) groups is 2. The van der Waals surface area contributed by atoms with Crippen LogP contribution in [0, 0.1) is 51.5 Å². The van der Waals surface area contributed by atoms with Gasteiger partial charge in [-0.3, -0.25) is 29.8 Å². The fourth-order valence-electron chi connectivity index (χ4n) is 5.42. The molecule has 0 radical (unpaired) electrons. The van der Waals surface area contributed by atoms with Gasteiger partial charge in [0.1, 0.15) is 0 Å². The number of benzene rings is 4. The van der Waals surface area contributed by atoms with Gasteiger partial charge in [-0.25, -0.2) is 37.1 Å². The highest BCUT2D eigenvalue weighted by Crippen LogP contribution is 2.38. The second kappa shape index (κ2) is 22.0. The first-order valence-corrected chi connectivity index (χ1v) is 18.8. The molecule has 0 aliphatic heterocycles. The van der Waals surface area contributed by atoms with Crippen molar-refractivity contribution in [2.45, 2.75) is 13.8 Å². The van der Waals surface area contributed by atoms with Gasteiger partial charge in [0, 0.05) is 49.7 Å². The predicted molar refractivity (Wildman–Crippen MR) is 227 cm³/mol. The van der Waals surface area contributed by atoms with Gasteiger partial charge in [-0.1, -0.05) is 24.3 Å². The maximum atomic E-state index is 14.8. The Hall–Kier alpha value is -9.03. The van der Waals surface area contributed by atoms with E-state index in [1.807, 2.05) is 0 Å². The molecule has 352 valence electrons. The molecule has 22 nitrogen and oxygen atoms in total. The Morgan fingerprint density at radius 2 is 1.01 bits per heavy atom. The predicted octanol–water partition coefficient (Wildman–Crippen LogP) is 4.21. The minimum Gasteiger partial charge on any atom is -0.504 e. The molecule has 25 heteroatoms. The van der Waals surface area contributed by atoms with Crippen LogP contribution in [0.15, 0.2) is 104 Å². The van der Waals surface area contributed by atoms with E-state index in [9.17, 15) is 67.3 Å². The van der Waals surface area contributed by atoms with Gasteiger partial charge in [0.05, 0.1) is 47.6 Å². The number of hydrogen-bond donors (Lipinski definition) is 1. The summed E-state index contributed by atoms with van der Waals surface area (Å²) in [5.41, 5.74) is -5.77. The largest absolute Gasteiger partial charge is 0.504 e. The topological polar surface area (TPSA) is 275 Å². The molecule has 0 atom stereocenters. The van der Waals surface area contributed by atoms with Crippen LogP contribution in [-0.4, -0.2) is 72.6 Å². The van der Waals surface area contributed by atoms with Crippen LogP contribution in [0.5, 0.6) is 28.7 Å². The third kappa shape index (κ3) is 12.2. The summed E-state index contributed by atoms with van der Waals surface area (Å²) in [6.45, 7) is 2.37. The van der Waals surface area contributed by atoms with E-state index in [0.29, 0.717) is 38.7 Å². The van der Waals surface area contributed by atoms with E-state index in [4.69, 9.17) is 14.2 Å². The highest BCUT2D eigenvalue weighted by Gasteiger charge is 2.25. The number of hydrogen-bond acceptors (Lipinski definition) is 16. The molecule has 2 heterocycles. The number of ether oxygens (including phenoxy) is 5. The first kappa shape index (κ1) is 50.6. The Bertz CT molecular complexity index is 3130. The zero-order chi connectivity index (χ0) is 49.9. The van der Waals surface area contributed by atoms with Crippen molar-refractivity contribution in [3.05, 3.63) is 176 Å². The summed E-state index contributed by atoms with van der Waals surface area (Å²) in [5, 5.41) is 31.3. The molecular weight excluding hydrogens is 901 g/mol. The van der Waals surface area contributed by atoms with Crippen LogP contribution in [-0.2, 0) is 33.2 Å². The van der Waals surface area contributed by atoms with Crippen LogP contribution < -0.4 is 36.7 Å². The lowest BCUT2D eigenvalue weighted by atomic mass is 10.2. The van der Waals surface area contributed by atoms with Crippen LogP contribution in [0.25, 0.3) is 11.4 Å². The van der Waals surface area contributed by atoms with E-state index in [2.05, 4.69) is 9.47 Å². The van der Waals surface area contributed by atoms with Crippen molar-refractivity contribution >= 4 is 23.3 Å². The van der Waals surface area contributed by atoms with Gasteiger partial charge in [-0.05, 0) is 38.1 Å². The normalized spacial score (nSPS) is 10.3. The summed E-state index contributed by atoms with van der Waals surface area (Å²) >= 11 is 0. The van der Waals surface area contributed by atoms with Gasteiger partial charge in [0.15, 0.2) is 47.8 Å². The molecule has 67 heavy (non-hydrogen) atoms. The molecule has 0 aliphatic carbocycles. The number of aromatic hydroxyl groups is 1. The molecule has 0 spiro atoms. The number of phenols is 1. The Balaban J connectivity index is 0.000000245. The summed E-state index contributed by atoms with van der Waals surface area (Å²) < 4.78 is 70.2. The van der Waals surface area contributed by atoms with E-state index in [1.54, 1.807) is 24.3 Å². The van der Waals surface area contributed by atoms with E-state index >= 15 is 0 Å². The number of nitrogens with zero attached hydrogens (tertiary/aromatic N) is 6. The van der Waals surface area contributed by atoms with E-state index in [0.717, 1.165) is 27.3 Å². The number of phenolic OH excluding ortho intramolecular Hbond substituents is 1.